The lowest BCUT2D eigenvalue weighted by atomic mass is 9.98. The Bertz CT molecular complexity index is 1270. The highest BCUT2D eigenvalue weighted by atomic mass is 35.5. The molecule has 1 heterocycles. The first-order chi connectivity index (χ1) is 16.6. The molecule has 0 aliphatic rings. The van der Waals surface area contributed by atoms with Crippen molar-refractivity contribution in [1.29, 1.82) is 0 Å². The van der Waals surface area contributed by atoms with E-state index in [-0.39, 0.29) is 22.9 Å². The number of benzene rings is 2. The van der Waals surface area contributed by atoms with Crippen LogP contribution in [-0.4, -0.2) is 40.3 Å². The van der Waals surface area contributed by atoms with E-state index in [1.807, 2.05) is 6.92 Å². The monoisotopic (exact) mass is 498 g/mol. The topological polar surface area (TPSA) is 68.6 Å². The largest absolute Gasteiger partial charge is 0.464 e. The van der Waals surface area contributed by atoms with Crippen LogP contribution in [0.1, 0.15) is 61.9 Å². The Kier molecular flexibility index (Phi) is 8.12. The van der Waals surface area contributed by atoms with Gasteiger partial charge in [0.2, 0.25) is 0 Å². The molecular weight excluding hydrogens is 471 g/mol. The highest BCUT2D eigenvalue weighted by molar-refractivity contribution is 6.33. The summed E-state index contributed by atoms with van der Waals surface area (Å²) in [6, 6.07) is 11.5. The normalized spacial score (nSPS) is 11.7. The zero-order valence-electron chi connectivity index (χ0n) is 20.4. The van der Waals surface area contributed by atoms with Gasteiger partial charge in [0.25, 0.3) is 5.91 Å². The van der Waals surface area contributed by atoms with Crippen LogP contribution in [0.5, 0.6) is 0 Å². The Morgan fingerprint density at radius 1 is 1.09 bits per heavy atom. The van der Waals surface area contributed by atoms with Crippen molar-refractivity contribution in [3.8, 4) is 0 Å². The number of amides is 1. The second-order valence-electron chi connectivity index (χ2n) is 8.25. The van der Waals surface area contributed by atoms with Gasteiger partial charge in [-0.2, -0.15) is 0 Å². The van der Waals surface area contributed by atoms with Crippen LogP contribution < -0.4 is 0 Å². The van der Waals surface area contributed by atoms with Crippen molar-refractivity contribution in [3.63, 3.8) is 0 Å². The number of ether oxygens (including phenoxy) is 1. The molecule has 0 radical (unpaired) electrons. The minimum Gasteiger partial charge on any atom is -0.464 e. The van der Waals surface area contributed by atoms with E-state index in [1.54, 1.807) is 61.7 Å². The van der Waals surface area contributed by atoms with Crippen LogP contribution in [0.15, 0.2) is 48.5 Å². The van der Waals surface area contributed by atoms with Gasteiger partial charge >= 0.3 is 5.97 Å². The van der Waals surface area contributed by atoms with Gasteiger partial charge in [-0.25, -0.2) is 9.18 Å². The van der Waals surface area contributed by atoms with Crippen molar-refractivity contribution >= 4 is 29.3 Å². The van der Waals surface area contributed by atoms with Crippen LogP contribution in [0.3, 0.4) is 0 Å². The maximum absolute atomic E-state index is 13.8. The number of hydrogen-bond acceptors (Lipinski definition) is 4. The quantitative estimate of drug-likeness (QED) is 0.298. The number of halogens is 2. The summed E-state index contributed by atoms with van der Waals surface area (Å²) in [4.78, 5) is 41.3. The number of esters is 1. The number of nitrogens with zero attached hydrogens (tertiary/aromatic N) is 2. The summed E-state index contributed by atoms with van der Waals surface area (Å²) >= 11 is 6.30. The first kappa shape index (κ1) is 26.2. The molecule has 0 aliphatic heterocycles. The van der Waals surface area contributed by atoms with E-state index in [2.05, 4.69) is 0 Å². The summed E-state index contributed by atoms with van der Waals surface area (Å²) < 4.78 is 20.1. The summed E-state index contributed by atoms with van der Waals surface area (Å²) in [6.45, 7) is 7.51. The van der Waals surface area contributed by atoms with Crippen LogP contribution in [-0.2, 0) is 17.8 Å². The molecule has 0 spiro atoms. The Morgan fingerprint density at radius 2 is 1.71 bits per heavy atom. The summed E-state index contributed by atoms with van der Waals surface area (Å²) in [5.41, 5.74) is 2.71. The second kappa shape index (κ2) is 10.9. The Morgan fingerprint density at radius 3 is 2.29 bits per heavy atom. The lowest BCUT2D eigenvalue weighted by Crippen LogP contribution is -2.43. The predicted octanol–water partition coefficient (Wildman–Crippen LogP) is 5.62. The molecule has 184 valence electrons. The molecule has 1 amide bonds. The average molecular weight is 499 g/mol. The number of carbonyl (C=O) groups is 3. The Labute approximate surface area is 209 Å². The van der Waals surface area contributed by atoms with Gasteiger partial charge in [-0.1, -0.05) is 35.9 Å². The molecule has 0 saturated carbocycles. The summed E-state index contributed by atoms with van der Waals surface area (Å²) in [5.74, 6) is -1.68. The molecule has 1 atom stereocenters. The minimum atomic E-state index is -0.903. The van der Waals surface area contributed by atoms with Crippen LogP contribution in [0.25, 0.3) is 0 Å². The second-order valence-corrected chi connectivity index (χ2v) is 8.66. The van der Waals surface area contributed by atoms with Crippen molar-refractivity contribution in [1.82, 2.24) is 9.47 Å². The molecule has 8 heteroatoms. The summed E-state index contributed by atoms with van der Waals surface area (Å²) in [6.07, 6.45) is 0. The zero-order valence-corrected chi connectivity index (χ0v) is 21.1. The fourth-order valence-electron chi connectivity index (χ4n) is 4.32. The van der Waals surface area contributed by atoms with Crippen molar-refractivity contribution in [2.24, 2.45) is 0 Å². The number of methoxy groups -OCH3 is 1. The number of hydrogen-bond donors (Lipinski definition) is 0. The Balaban J connectivity index is 2.08. The average Bonchev–Trinajstić information content (AvgIpc) is 3.11. The van der Waals surface area contributed by atoms with Crippen LogP contribution >= 0.6 is 11.6 Å². The molecular formula is C27H28ClFN2O4. The smallest absolute Gasteiger partial charge is 0.354 e. The molecule has 0 bridgehead atoms. The highest BCUT2D eigenvalue weighted by Gasteiger charge is 2.33. The van der Waals surface area contributed by atoms with E-state index < -0.39 is 23.7 Å². The predicted molar refractivity (Wildman–Crippen MR) is 132 cm³/mol. The van der Waals surface area contributed by atoms with Gasteiger partial charge in [-0.15, -0.1) is 0 Å². The van der Waals surface area contributed by atoms with E-state index >= 15 is 0 Å². The fraction of sp³-hybridized carbons (Fsp3) is 0.296. The third-order valence-corrected chi connectivity index (χ3v) is 6.52. The first-order valence-corrected chi connectivity index (χ1v) is 11.6. The standard InChI is InChI=1S/C27H28ClFN2O4/c1-6-30-17(3)23(16(2)24(30)27(34)35-5)25(32)18(4)31(15-19-11-13-20(29)14-12-19)26(33)21-9-7-8-10-22(21)28/h7-14,18H,6,15H2,1-5H3/t18-/m0/s1. The molecule has 0 unspecified atom stereocenters. The summed E-state index contributed by atoms with van der Waals surface area (Å²) in [7, 11) is 1.29. The van der Waals surface area contributed by atoms with E-state index in [0.717, 1.165) is 0 Å². The lowest BCUT2D eigenvalue weighted by Gasteiger charge is -2.29. The summed E-state index contributed by atoms with van der Waals surface area (Å²) in [5, 5.41) is 0.263. The van der Waals surface area contributed by atoms with Crippen molar-refractivity contribution in [3.05, 3.63) is 93.0 Å². The number of aromatic nitrogens is 1. The first-order valence-electron chi connectivity index (χ1n) is 11.2. The van der Waals surface area contributed by atoms with Crippen LogP contribution in [0.4, 0.5) is 4.39 Å². The van der Waals surface area contributed by atoms with E-state index in [9.17, 15) is 18.8 Å². The number of carbonyl (C=O) groups excluding carboxylic acids is 3. The SMILES string of the molecule is CCn1c(C)c(C(=O)[C@H](C)N(Cc2ccc(F)cc2)C(=O)c2ccccc2Cl)c(C)c1C(=O)OC. The number of ketones is 1. The van der Waals surface area contributed by atoms with Crippen LogP contribution in [0.2, 0.25) is 5.02 Å². The molecule has 0 N–H and O–H groups in total. The molecule has 35 heavy (non-hydrogen) atoms. The van der Waals surface area contributed by atoms with E-state index in [1.165, 1.54) is 24.1 Å². The van der Waals surface area contributed by atoms with Gasteiger partial charge in [0.05, 0.1) is 23.7 Å². The molecule has 0 fully saturated rings. The maximum Gasteiger partial charge on any atom is 0.354 e. The Hall–Kier alpha value is -3.45. The maximum atomic E-state index is 13.8. The van der Waals surface area contributed by atoms with Gasteiger partial charge < -0.3 is 14.2 Å². The van der Waals surface area contributed by atoms with E-state index in [4.69, 9.17) is 16.3 Å². The highest BCUT2D eigenvalue weighted by Crippen LogP contribution is 2.27. The molecule has 0 saturated heterocycles. The zero-order chi connectivity index (χ0) is 25.9. The lowest BCUT2D eigenvalue weighted by molar-refractivity contribution is 0.0586. The molecule has 1 aromatic heterocycles. The third kappa shape index (κ3) is 5.15. The van der Waals surface area contributed by atoms with Gasteiger partial charge in [0, 0.05) is 24.3 Å². The van der Waals surface area contributed by atoms with Gasteiger partial charge in [-0.3, -0.25) is 9.59 Å². The van der Waals surface area contributed by atoms with Gasteiger partial charge in [0.15, 0.2) is 5.78 Å². The molecule has 6 nitrogen and oxygen atoms in total. The molecule has 3 rings (SSSR count). The molecule has 2 aromatic carbocycles. The minimum absolute atomic E-state index is 0.0632. The number of rotatable bonds is 8. The van der Waals surface area contributed by atoms with Crippen molar-refractivity contribution in [2.45, 2.75) is 46.8 Å². The van der Waals surface area contributed by atoms with Gasteiger partial charge in [0.1, 0.15) is 11.5 Å². The van der Waals surface area contributed by atoms with E-state index in [0.29, 0.717) is 34.6 Å². The fourth-order valence-corrected chi connectivity index (χ4v) is 4.54. The van der Waals surface area contributed by atoms with Crippen LogP contribution in [0, 0.1) is 19.7 Å². The van der Waals surface area contributed by atoms with Crippen molar-refractivity contribution < 1.29 is 23.5 Å². The third-order valence-electron chi connectivity index (χ3n) is 6.19. The van der Waals surface area contributed by atoms with Gasteiger partial charge in [-0.05, 0) is 63.1 Å². The molecule has 0 aliphatic carbocycles. The number of Topliss-reactive ketones (excluding diaryl/α,β-unsaturated/α-hetero) is 1. The van der Waals surface area contributed by atoms with Crippen molar-refractivity contribution in [2.75, 3.05) is 7.11 Å². The molecule has 3 aromatic rings.